The van der Waals surface area contributed by atoms with Crippen LogP contribution in [-0.4, -0.2) is 36.1 Å². The average Bonchev–Trinajstić information content (AvgIpc) is 2.98. The van der Waals surface area contributed by atoms with E-state index >= 15 is 0 Å². The number of nitrogens with zero attached hydrogens (tertiary/aromatic N) is 1. The second kappa shape index (κ2) is 9.42. The van der Waals surface area contributed by atoms with Gasteiger partial charge in [-0.2, -0.15) is 0 Å². The lowest BCUT2D eigenvalue weighted by Crippen LogP contribution is -2.40. The van der Waals surface area contributed by atoms with Crippen LogP contribution in [-0.2, 0) is 16.1 Å². The second-order valence-electron chi connectivity index (χ2n) is 5.52. The van der Waals surface area contributed by atoms with Crippen LogP contribution < -0.4 is 5.73 Å². The summed E-state index contributed by atoms with van der Waals surface area (Å²) in [7, 11) is 0. The Kier molecular flexibility index (Phi) is 8.26. The largest absolute Gasteiger partial charge is 0.364 e. The van der Waals surface area contributed by atoms with Crippen molar-refractivity contribution >= 4 is 29.9 Å². The number of rotatable bonds is 6. The molecule has 0 unspecified atom stereocenters. The highest BCUT2D eigenvalue weighted by Gasteiger charge is 2.33. The van der Waals surface area contributed by atoms with E-state index in [-0.39, 0.29) is 31.0 Å². The Morgan fingerprint density at radius 1 is 1.48 bits per heavy atom. The predicted molar refractivity (Wildman–Crippen MR) is 91.3 cm³/mol. The van der Waals surface area contributed by atoms with E-state index in [4.69, 9.17) is 22.1 Å². The van der Waals surface area contributed by atoms with Gasteiger partial charge >= 0.3 is 0 Å². The van der Waals surface area contributed by atoms with Gasteiger partial charge in [-0.1, -0.05) is 24.6 Å². The molecular formula is C16H23Cl2FN2O2. The number of benzene rings is 1. The van der Waals surface area contributed by atoms with Crippen molar-refractivity contribution < 1.29 is 13.9 Å². The molecule has 7 heteroatoms. The number of halogens is 3. The summed E-state index contributed by atoms with van der Waals surface area (Å²) in [6.45, 7) is 3.08. The van der Waals surface area contributed by atoms with Crippen molar-refractivity contribution in [3.05, 3.63) is 34.6 Å². The van der Waals surface area contributed by atoms with Gasteiger partial charge in [-0.15, -0.1) is 12.4 Å². The van der Waals surface area contributed by atoms with Crippen LogP contribution in [0.2, 0.25) is 5.02 Å². The Morgan fingerprint density at radius 3 is 2.78 bits per heavy atom. The monoisotopic (exact) mass is 364 g/mol. The summed E-state index contributed by atoms with van der Waals surface area (Å²) in [5.41, 5.74) is 5.92. The van der Waals surface area contributed by atoms with Crippen LogP contribution in [0.5, 0.6) is 0 Å². The number of ether oxygens (including phenoxy) is 1. The van der Waals surface area contributed by atoms with Crippen LogP contribution in [0.25, 0.3) is 0 Å². The van der Waals surface area contributed by atoms with Crippen molar-refractivity contribution in [3.8, 4) is 0 Å². The highest BCUT2D eigenvalue weighted by Crippen LogP contribution is 2.24. The lowest BCUT2D eigenvalue weighted by atomic mass is 10.1. The summed E-state index contributed by atoms with van der Waals surface area (Å²) in [6.07, 6.45) is 1.68. The predicted octanol–water partition coefficient (Wildman–Crippen LogP) is 3.15. The number of carbonyl (C=O) groups is 1. The van der Waals surface area contributed by atoms with Gasteiger partial charge in [-0.25, -0.2) is 4.39 Å². The van der Waals surface area contributed by atoms with Gasteiger partial charge < -0.3 is 15.4 Å². The lowest BCUT2D eigenvalue weighted by Gasteiger charge is -2.26. The van der Waals surface area contributed by atoms with Gasteiger partial charge in [0.25, 0.3) is 5.91 Å². The molecule has 2 rings (SSSR count). The van der Waals surface area contributed by atoms with Crippen LogP contribution in [0.4, 0.5) is 4.39 Å². The summed E-state index contributed by atoms with van der Waals surface area (Å²) >= 11 is 6.06. The fraction of sp³-hybridized carbons (Fsp3) is 0.562. The normalized spacial score (nSPS) is 20.2. The Labute approximate surface area is 147 Å². The molecule has 2 N–H and O–H groups in total. The van der Waals surface area contributed by atoms with Crippen molar-refractivity contribution in [2.75, 3.05) is 13.1 Å². The zero-order chi connectivity index (χ0) is 16.1. The highest BCUT2D eigenvalue weighted by molar-refractivity contribution is 6.31. The fourth-order valence-corrected chi connectivity index (χ4v) is 2.90. The van der Waals surface area contributed by atoms with Gasteiger partial charge in [-0.05, 0) is 31.4 Å². The van der Waals surface area contributed by atoms with E-state index in [1.807, 2.05) is 6.92 Å². The maximum Gasteiger partial charge on any atom is 0.252 e. The molecule has 1 saturated heterocycles. The molecule has 0 radical (unpaired) electrons. The molecule has 1 amide bonds. The first-order chi connectivity index (χ1) is 10.6. The van der Waals surface area contributed by atoms with Crippen molar-refractivity contribution in [1.82, 2.24) is 4.90 Å². The molecule has 1 fully saturated rings. The zero-order valence-electron chi connectivity index (χ0n) is 13.1. The molecule has 4 nitrogen and oxygen atoms in total. The average molecular weight is 365 g/mol. The number of amides is 1. The molecule has 0 aliphatic carbocycles. The SMILES string of the molecule is CCCN(Cc1c(F)cccc1Cl)C(=O)[C@@H]1CC[C@H](CN)O1.Cl. The molecule has 1 aromatic rings. The summed E-state index contributed by atoms with van der Waals surface area (Å²) in [5.74, 6) is -0.509. The highest BCUT2D eigenvalue weighted by atomic mass is 35.5. The van der Waals surface area contributed by atoms with Gasteiger partial charge in [0.2, 0.25) is 0 Å². The maximum atomic E-state index is 13.9. The van der Waals surface area contributed by atoms with E-state index in [2.05, 4.69) is 0 Å². The second-order valence-corrected chi connectivity index (χ2v) is 5.93. The first kappa shape index (κ1) is 20.2. The van der Waals surface area contributed by atoms with Crippen LogP contribution in [0.15, 0.2) is 18.2 Å². The van der Waals surface area contributed by atoms with E-state index in [0.29, 0.717) is 30.1 Å². The number of hydrogen-bond donors (Lipinski definition) is 1. The van der Waals surface area contributed by atoms with Gasteiger partial charge in [0.15, 0.2) is 0 Å². The van der Waals surface area contributed by atoms with E-state index in [9.17, 15) is 9.18 Å². The Morgan fingerprint density at radius 2 is 2.22 bits per heavy atom. The minimum Gasteiger partial charge on any atom is -0.364 e. The van der Waals surface area contributed by atoms with Gasteiger partial charge in [0, 0.05) is 23.7 Å². The van der Waals surface area contributed by atoms with E-state index < -0.39 is 11.9 Å². The molecule has 0 saturated carbocycles. The molecule has 130 valence electrons. The molecule has 1 aliphatic rings. The third-order valence-electron chi connectivity index (χ3n) is 3.86. The van der Waals surface area contributed by atoms with Gasteiger partial charge in [-0.3, -0.25) is 4.79 Å². The third kappa shape index (κ3) is 5.05. The van der Waals surface area contributed by atoms with Crippen molar-refractivity contribution in [2.24, 2.45) is 5.73 Å². The van der Waals surface area contributed by atoms with E-state index in [1.54, 1.807) is 17.0 Å². The Bertz CT molecular complexity index is 511. The van der Waals surface area contributed by atoms with Crippen LogP contribution >= 0.6 is 24.0 Å². The molecule has 1 aromatic carbocycles. The summed E-state index contributed by atoms with van der Waals surface area (Å²) in [4.78, 5) is 14.2. The Balaban J connectivity index is 0.00000264. The minimum atomic E-state index is -0.481. The standard InChI is InChI=1S/C16H22ClFN2O2.ClH/c1-2-8-20(10-12-13(17)4-3-5-14(12)18)16(21)15-7-6-11(9-19)22-15;/h3-5,11,15H,2,6-10,19H2,1H3;1H/t11-,15+;/m1./s1. The third-order valence-corrected chi connectivity index (χ3v) is 4.22. The Hall–Kier alpha value is -0.880. The number of nitrogens with two attached hydrogens (primary N) is 1. The quantitative estimate of drug-likeness (QED) is 0.843. The van der Waals surface area contributed by atoms with Crippen LogP contribution in [0, 0.1) is 5.82 Å². The van der Waals surface area contributed by atoms with Gasteiger partial charge in [0.1, 0.15) is 11.9 Å². The first-order valence-corrected chi connectivity index (χ1v) is 8.01. The van der Waals surface area contributed by atoms with E-state index in [1.165, 1.54) is 6.07 Å². The summed E-state index contributed by atoms with van der Waals surface area (Å²) in [6, 6.07) is 4.54. The van der Waals surface area contributed by atoms with Crippen LogP contribution in [0.3, 0.4) is 0 Å². The fourth-order valence-electron chi connectivity index (χ4n) is 2.68. The van der Waals surface area contributed by atoms with E-state index in [0.717, 1.165) is 12.8 Å². The molecule has 23 heavy (non-hydrogen) atoms. The summed E-state index contributed by atoms with van der Waals surface area (Å²) < 4.78 is 19.6. The van der Waals surface area contributed by atoms with Crippen molar-refractivity contribution in [1.29, 1.82) is 0 Å². The van der Waals surface area contributed by atoms with Gasteiger partial charge in [0.05, 0.1) is 12.6 Å². The maximum absolute atomic E-state index is 13.9. The molecule has 2 atom stereocenters. The van der Waals surface area contributed by atoms with Crippen molar-refractivity contribution in [2.45, 2.75) is 44.9 Å². The molecule has 1 aliphatic heterocycles. The first-order valence-electron chi connectivity index (χ1n) is 7.64. The summed E-state index contributed by atoms with van der Waals surface area (Å²) in [5, 5.41) is 0.334. The molecule has 0 bridgehead atoms. The van der Waals surface area contributed by atoms with Crippen LogP contribution in [0.1, 0.15) is 31.7 Å². The molecule has 0 spiro atoms. The molecular weight excluding hydrogens is 342 g/mol. The smallest absolute Gasteiger partial charge is 0.252 e. The lowest BCUT2D eigenvalue weighted by molar-refractivity contribution is -0.143. The number of hydrogen-bond acceptors (Lipinski definition) is 3. The topological polar surface area (TPSA) is 55.6 Å². The minimum absolute atomic E-state index is 0. The molecule has 0 aromatic heterocycles. The molecule has 1 heterocycles. The number of carbonyl (C=O) groups excluding carboxylic acids is 1. The zero-order valence-corrected chi connectivity index (χ0v) is 14.7. The van der Waals surface area contributed by atoms with Crippen molar-refractivity contribution in [3.63, 3.8) is 0 Å².